The lowest BCUT2D eigenvalue weighted by molar-refractivity contribution is 0.244. The molecule has 1 fully saturated rings. The molecular formula is C15H18ClN5O. The van der Waals surface area contributed by atoms with E-state index in [0.717, 1.165) is 44.1 Å². The van der Waals surface area contributed by atoms with Gasteiger partial charge in [-0.25, -0.2) is 4.98 Å². The van der Waals surface area contributed by atoms with Crippen molar-refractivity contribution >= 4 is 17.4 Å². The van der Waals surface area contributed by atoms with Crippen LogP contribution in [0.1, 0.15) is 5.56 Å². The van der Waals surface area contributed by atoms with E-state index < -0.39 is 0 Å². The van der Waals surface area contributed by atoms with E-state index in [1.54, 1.807) is 19.4 Å². The predicted octanol–water partition coefficient (Wildman–Crippen LogP) is 1.86. The number of ether oxygens (including phenoxy) is 1. The van der Waals surface area contributed by atoms with Gasteiger partial charge in [0.05, 0.1) is 7.11 Å². The third-order valence-electron chi connectivity index (χ3n) is 3.75. The summed E-state index contributed by atoms with van der Waals surface area (Å²) < 4.78 is 5.31. The lowest BCUT2D eigenvalue weighted by Gasteiger charge is -2.35. The van der Waals surface area contributed by atoms with Crippen LogP contribution in [0.15, 0.2) is 30.5 Å². The Morgan fingerprint density at radius 2 is 1.95 bits per heavy atom. The Balaban J connectivity index is 1.59. The second-order valence-electron chi connectivity index (χ2n) is 5.15. The van der Waals surface area contributed by atoms with Gasteiger partial charge in [-0.1, -0.05) is 17.7 Å². The summed E-state index contributed by atoms with van der Waals surface area (Å²) >= 11 is 5.77. The van der Waals surface area contributed by atoms with Crippen molar-refractivity contribution < 1.29 is 4.74 Å². The molecule has 3 heterocycles. The largest absolute Gasteiger partial charge is 0.481 e. The van der Waals surface area contributed by atoms with Crippen LogP contribution in [0.5, 0.6) is 5.88 Å². The fourth-order valence-corrected chi connectivity index (χ4v) is 2.68. The molecule has 0 spiro atoms. The van der Waals surface area contributed by atoms with Crippen molar-refractivity contribution in [2.45, 2.75) is 6.54 Å². The zero-order chi connectivity index (χ0) is 15.4. The lowest BCUT2D eigenvalue weighted by atomic mass is 10.2. The van der Waals surface area contributed by atoms with Crippen LogP contribution < -0.4 is 9.64 Å². The highest BCUT2D eigenvalue weighted by molar-refractivity contribution is 6.29. The molecule has 116 valence electrons. The van der Waals surface area contributed by atoms with E-state index in [-0.39, 0.29) is 0 Å². The number of piperazine rings is 1. The summed E-state index contributed by atoms with van der Waals surface area (Å²) in [6.07, 6.45) is 1.75. The SMILES string of the molecule is COc1ncccc1CN1CCN(c2ccc(Cl)nn2)CC1. The normalized spacial score (nSPS) is 15.8. The van der Waals surface area contributed by atoms with Crippen molar-refractivity contribution in [2.24, 2.45) is 0 Å². The summed E-state index contributed by atoms with van der Waals surface area (Å²) in [5, 5.41) is 8.46. The van der Waals surface area contributed by atoms with Crippen LogP contribution in [-0.4, -0.2) is 53.4 Å². The molecule has 3 rings (SSSR count). The van der Waals surface area contributed by atoms with Gasteiger partial charge in [-0.05, 0) is 18.2 Å². The minimum atomic E-state index is 0.422. The van der Waals surface area contributed by atoms with Gasteiger partial charge in [-0.15, -0.1) is 10.2 Å². The number of hydrogen-bond donors (Lipinski definition) is 0. The average molecular weight is 320 g/mol. The van der Waals surface area contributed by atoms with Gasteiger partial charge in [-0.2, -0.15) is 0 Å². The van der Waals surface area contributed by atoms with Crippen molar-refractivity contribution in [1.29, 1.82) is 0 Å². The van der Waals surface area contributed by atoms with Crippen LogP contribution in [0.25, 0.3) is 0 Å². The first-order valence-corrected chi connectivity index (χ1v) is 7.58. The first kappa shape index (κ1) is 15.0. The molecule has 0 aliphatic carbocycles. The summed E-state index contributed by atoms with van der Waals surface area (Å²) in [5.41, 5.74) is 1.12. The van der Waals surface area contributed by atoms with E-state index in [0.29, 0.717) is 11.0 Å². The summed E-state index contributed by atoms with van der Waals surface area (Å²) in [6, 6.07) is 7.69. The van der Waals surface area contributed by atoms with E-state index in [9.17, 15) is 0 Å². The molecule has 2 aromatic rings. The smallest absolute Gasteiger partial charge is 0.217 e. The van der Waals surface area contributed by atoms with Gasteiger partial charge < -0.3 is 9.64 Å². The Labute approximate surface area is 134 Å². The molecule has 1 aliphatic rings. The molecule has 1 aliphatic heterocycles. The number of halogens is 1. The van der Waals surface area contributed by atoms with Crippen LogP contribution in [0.2, 0.25) is 5.15 Å². The number of rotatable bonds is 4. The monoisotopic (exact) mass is 319 g/mol. The summed E-state index contributed by atoms with van der Waals surface area (Å²) in [6.45, 7) is 4.60. The molecular weight excluding hydrogens is 302 g/mol. The number of anilines is 1. The fourth-order valence-electron chi connectivity index (χ4n) is 2.58. The highest BCUT2D eigenvalue weighted by Crippen LogP contribution is 2.19. The molecule has 0 N–H and O–H groups in total. The Bertz CT molecular complexity index is 614. The molecule has 0 radical (unpaired) electrons. The lowest BCUT2D eigenvalue weighted by Crippen LogP contribution is -2.46. The van der Waals surface area contributed by atoms with Gasteiger partial charge in [0.15, 0.2) is 11.0 Å². The van der Waals surface area contributed by atoms with Gasteiger partial charge in [-0.3, -0.25) is 4.90 Å². The Kier molecular flexibility index (Phi) is 4.70. The predicted molar refractivity (Wildman–Crippen MR) is 85.3 cm³/mol. The topological polar surface area (TPSA) is 54.4 Å². The molecule has 0 unspecified atom stereocenters. The number of nitrogens with zero attached hydrogens (tertiary/aromatic N) is 5. The van der Waals surface area contributed by atoms with Gasteiger partial charge in [0.1, 0.15) is 0 Å². The number of pyridine rings is 1. The van der Waals surface area contributed by atoms with Gasteiger partial charge >= 0.3 is 0 Å². The standard InChI is InChI=1S/C15H18ClN5O/c1-22-15-12(3-2-6-17-15)11-20-7-9-21(10-8-20)14-5-4-13(16)18-19-14/h2-6H,7-11H2,1H3. The Morgan fingerprint density at radius 1 is 1.14 bits per heavy atom. The van der Waals surface area contributed by atoms with Crippen molar-refractivity contribution in [3.63, 3.8) is 0 Å². The van der Waals surface area contributed by atoms with E-state index in [2.05, 4.69) is 31.0 Å². The van der Waals surface area contributed by atoms with E-state index >= 15 is 0 Å². The first-order valence-electron chi connectivity index (χ1n) is 7.20. The highest BCUT2D eigenvalue weighted by Gasteiger charge is 2.19. The van der Waals surface area contributed by atoms with Crippen molar-refractivity contribution in [3.8, 4) is 5.88 Å². The van der Waals surface area contributed by atoms with E-state index in [4.69, 9.17) is 16.3 Å². The first-order chi connectivity index (χ1) is 10.8. The summed E-state index contributed by atoms with van der Waals surface area (Å²) in [4.78, 5) is 8.85. The molecule has 0 saturated carbocycles. The molecule has 0 bridgehead atoms. The molecule has 0 amide bonds. The number of aromatic nitrogens is 3. The van der Waals surface area contributed by atoms with Crippen molar-refractivity contribution in [1.82, 2.24) is 20.1 Å². The van der Waals surface area contributed by atoms with Crippen LogP contribution >= 0.6 is 11.6 Å². The highest BCUT2D eigenvalue weighted by atomic mass is 35.5. The van der Waals surface area contributed by atoms with E-state index in [1.807, 2.05) is 12.1 Å². The van der Waals surface area contributed by atoms with Crippen LogP contribution in [0.4, 0.5) is 5.82 Å². The van der Waals surface area contributed by atoms with Crippen LogP contribution in [0, 0.1) is 0 Å². The third-order valence-corrected chi connectivity index (χ3v) is 3.95. The minimum absolute atomic E-state index is 0.422. The molecule has 0 atom stereocenters. The maximum atomic E-state index is 5.77. The van der Waals surface area contributed by atoms with Crippen LogP contribution in [0.3, 0.4) is 0 Å². The second kappa shape index (κ2) is 6.89. The van der Waals surface area contributed by atoms with Crippen LogP contribution in [-0.2, 0) is 6.54 Å². The molecule has 1 saturated heterocycles. The maximum Gasteiger partial charge on any atom is 0.217 e. The van der Waals surface area contributed by atoms with Gasteiger partial charge in [0, 0.05) is 44.5 Å². The Morgan fingerprint density at radius 3 is 2.64 bits per heavy atom. The Hall–Kier alpha value is -1.92. The van der Waals surface area contributed by atoms with Crippen molar-refractivity contribution in [2.75, 3.05) is 38.2 Å². The minimum Gasteiger partial charge on any atom is -0.481 e. The molecule has 6 nitrogen and oxygen atoms in total. The third kappa shape index (κ3) is 3.45. The maximum absolute atomic E-state index is 5.77. The molecule has 7 heteroatoms. The summed E-state index contributed by atoms with van der Waals surface area (Å²) in [7, 11) is 1.66. The molecule has 0 aromatic carbocycles. The quantitative estimate of drug-likeness (QED) is 0.857. The summed E-state index contributed by atoms with van der Waals surface area (Å²) in [5.74, 6) is 1.58. The molecule has 22 heavy (non-hydrogen) atoms. The number of hydrogen-bond acceptors (Lipinski definition) is 6. The zero-order valence-corrected chi connectivity index (χ0v) is 13.2. The second-order valence-corrected chi connectivity index (χ2v) is 5.54. The zero-order valence-electron chi connectivity index (χ0n) is 12.4. The van der Waals surface area contributed by atoms with E-state index in [1.165, 1.54) is 0 Å². The fraction of sp³-hybridized carbons (Fsp3) is 0.400. The number of methoxy groups -OCH3 is 1. The van der Waals surface area contributed by atoms with Gasteiger partial charge in [0.25, 0.3) is 0 Å². The average Bonchev–Trinajstić information content (AvgIpc) is 2.57. The van der Waals surface area contributed by atoms with Crippen molar-refractivity contribution in [3.05, 3.63) is 41.2 Å². The molecule has 2 aromatic heterocycles. The van der Waals surface area contributed by atoms with Gasteiger partial charge in [0.2, 0.25) is 5.88 Å².